The minimum atomic E-state index is -0.464. The minimum absolute atomic E-state index is 0.00186. The van der Waals surface area contributed by atoms with E-state index in [2.05, 4.69) is 5.32 Å². The molecule has 0 spiro atoms. The van der Waals surface area contributed by atoms with E-state index in [1.54, 1.807) is 22.8 Å². The predicted molar refractivity (Wildman–Crippen MR) is 116 cm³/mol. The number of fused-ring (bicyclic) bond motifs is 1. The van der Waals surface area contributed by atoms with Crippen molar-refractivity contribution < 1.29 is 19.1 Å². The predicted octanol–water partition coefficient (Wildman–Crippen LogP) is 4.22. The first-order valence-electron chi connectivity index (χ1n) is 8.99. The molecule has 1 aliphatic rings. The maximum Gasteiger partial charge on any atom is 0.433 e. The number of anilines is 1. The Morgan fingerprint density at radius 1 is 1.20 bits per heavy atom. The average molecular weight is 439 g/mol. The van der Waals surface area contributed by atoms with E-state index in [1.807, 2.05) is 36.6 Å². The molecule has 4 rings (SSSR count). The van der Waals surface area contributed by atoms with Gasteiger partial charge < -0.3 is 5.32 Å². The first-order valence-corrected chi connectivity index (χ1v) is 10.7. The molecule has 0 radical (unpaired) electrons. The zero-order valence-corrected chi connectivity index (χ0v) is 17.5. The van der Waals surface area contributed by atoms with Gasteiger partial charge in [0.2, 0.25) is 11.6 Å². The molecule has 0 fully saturated rings. The van der Waals surface area contributed by atoms with Crippen LogP contribution >= 0.6 is 23.1 Å². The number of amides is 1. The van der Waals surface area contributed by atoms with Crippen molar-refractivity contribution in [2.45, 2.75) is 17.7 Å². The van der Waals surface area contributed by atoms with Crippen LogP contribution in [0.15, 0.2) is 63.2 Å². The number of rotatable bonds is 5. The van der Waals surface area contributed by atoms with Crippen molar-refractivity contribution in [1.82, 2.24) is 0 Å². The summed E-state index contributed by atoms with van der Waals surface area (Å²) in [7, 11) is 0. The summed E-state index contributed by atoms with van der Waals surface area (Å²) in [4.78, 5) is 36.2. The zero-order valence-electron chi connectivity index (χ0n) is 15.8. The zero-order chi connectivity index (χ0) is 21.3. The third-order valence-corrected chi connectivity index (χ3v) is 6.72. The Morgan fingerprint density at radius 2 is 1.93 bits per heavy atom. The Morgan fingerprint density at radius 3 is 2.63 bits per heavy atom. The number of aromatic nitrogens is 1. The van der Waals surface area contributed by atoms with Gasteiger partial charge in [-0.2, -0.15) is 0 Å². The van der Waals surface area contributed by atoms with Crippen LogP contribution in [0.5, 0.6) is 0 Å². The number of non-ortho nitro benzene ring substituents is 1. The molecule has 2 aromatic carbocycles. The number of para-hydroxylation sites is 1. The number of hydrogen-bond acceptors (Lipinski definition) is 6. The molecule has 0 aliphatic carbocycles. The van der Waals surface area contributed by atoms with Gasteiger partial charge >= 0.3 is 10.2 Å². The quantitative estimate of drug-likeness (QED) is 0.279. The van der Waals surface area contributed by atoms with Crippen LogP contribution in [0.25, 0.3) is 6.08 Å². The van der Waals surface area contributed by atoms with E-state index in [9.17, 15) is 19.7 Å². The number of thiazole rings is 1. The molecule has 1 aromatic heterocycles. The fourth-order valence-corrected chi connectivity index (χ4v) is 5.19. The number of aryl methyl sites for hydroxylation is 1. The standard InChI is InChI=1S/C21H15N3O4S2/c1-13-4-2-3-5-17(13)22-19(25)11-16-12-29-21-23(16)20(26)18(30-21)10-14-6-8-15(9-7-14)24(27)28/h2-10,12H,11H2,1H3/p+1/b18-10-. The van der Waals surface area contributed by atoms with Gasteiger partial charge in [0.1, 0.15) is 11.3 Å². The second-order valence-corrected chi connectivity index (χ2v) is 8.78. The van der Waals surface area contributed by atoms with Crippen LogP contribution in [-0.2, 0) is 11.2 Å². The number of thioether (sulfide) groups is 1. The number of hydrogen-bond donors (Lipinski definition) is 1. The van der Waals surface area contributed by atoms with Gasteiger partial charge in [0, 0.05) is 29.6 Å². The molecule has 0 bridgehead atoms. The van der Waals surface area contributed by atoms with Crippen LogP contribution in [0, 0.1) is 17.0 Å². The van der Waals surface area contributed by atoms with Crippen LogP contribution in [0.4, 0.5) is 11.4 Å². The lowest BCUT2D eigenvalue weighted by Crippen LogP contribution is -2.43. The molecule has 0 saturated heterocycles. The molecule has 30 heavy (non-hydrogen) atoms. The summed E-state index contributed by atoms with van der Waals surface area (Å²) in [5.41, 5.74) is 3.04. The lowest BCUT2D eigenvalue weighted by Gasteiger charge is -2.06. The fraction of sp³-hybridized carbons (Fsp3) is 0.0952. The third kappa shape index (κ3) is 4.03. The summed E-state index contributed by atoms with van der Waals surface area (Å²) in [5.74, 6) is -0.392. The molecular weight excluding hydrogens is 422 g/mol. The van der Waals surface area contributed by atoms with Gasteiger partial charge in [0.05, 0.1) is 10.3 Å². The lowest BCUT2D eigenvalue weighted by atomic mass is 10.2. The fourth-order valence-electron chi connectivity index (χ4n) is 3.00. The average Bonchev–Trinajstić information content (AvgIpc) is 3.24. The highest BCUT2D eigenvalue weighted by molar-refractivity contribution is 8.05. The molecule has 1 N–H and O–H groups in total. The Labute approximate surface area is 180 Å². The number of nitrogens with zero attached hydrogens (tertiary/aromatic N) is 2. The van der Waals surface area contributed by atoms with Crippen molar-refractivity contribution in [3.63, 3.8) is 0 Å². The molecule has 150 valence electrons. The van der Waals surface area contributed by atoms with Crippen molar-refractivity contribution in [2.24, 2.45) is 0 Å². The van der Waals surface area contributed by atoms with Gasteiger partial charge in [-0.25, -0.2) is 4.79 Å². The number of carbonyl (C=O) groups is 2. The number of nitro groups is 1. The van der Waals surface area contributed by atoms with Crippen molar-refractivity contribution >= 4 is 52.4 Å². The van der Waals surface area contributed by atoms with Crippen LogP contribution < -0.4 is 9.88 Å². The Hall–Kier alpha value is -3.30. The van der Waals surface area contributed by atoms with E-state index >= 15 is 0 Å². The van der Waals surface area contributed by atoms with Gasteiger partial charge in [-0.3, -0.25) is 14.9 Å². The summed E-state index contributed by atoms with van der Waals surface area (Å²) in [6.45, 7) is 1.92. The third-order valence-electron chi connectivity index (χ3n) is 4.54. The number of nitrogens with one attached hydrogen (secondary N) is 1. The van der Waals surface area contributed by atoms with E-state index in [0.29, 0.717) is 16.2 Å². The Balaban J connectivity index is 1.50. The van der Waals surface area contributed by atoms with Gasteiger partial charge in [0.15, 0.2) is 0 Å². The number of carbonyl (C=O) groups excluding carboxylic acids is 2. The van der Waals surface area contributed by atoms with Crippen LogP contribution in [0.3, 0.4) is 0 Å². The summed E-state index contributed by atoms with van der Waals surface area (Å²) in [6.07, 6.45) is 1.79. The maximum atomic E-state index is 12.9. The second kappa shape index (κ2) is 8.21. The largest absolute Gasteiger partial charge is 0.433 e. The number of nitro benzene ring substituents is 1. The van der Waals surface area contributed by atoms with Gasteiger partial charge in [-0.15, -0.1) is 4.57 Å². The lowest BCUT2D eigenvalue weighted by molar-refractivity contribution is -0.607. The molecular formula is C21H16N3O4S2+. The van der Waals surface area contributed by atoms with Gasteiger partial charge in [-0.1, -0.05) is 29.5 Å². The highest BCUT2D eigenvalue weighted by atomic mass is 32.2. The summed E-state index contributed by atoms with van der Waals surface area (Å²) < 4.78 is 2.34. The Kier molecular flexibility index (Phi) is 5.47. The second-order valence-electron chi connectivity index (χ2n) is 6.63. The van der Waals surface area contributed by atoms with E-state index < -0.39 is 4.92 Å². The monoisotopic (exact) mass is 438 g/mol. The summed E-state index contributed by atoms with van der Waals surface area (Å²) in [6, 6.07) is 13.5. The topological polar surface area (TPSA) is 93.2 Å². The highest BCUT2D eigenvalue weighted by Gasteiger charge is 2.40. The molecule has 1 aliphatic heterocycles. The molecule has 3 aromatic rings. The van der Waals surface area contributed by atoms with Gasteiger partial charge in [-0.05, 0) is 42.3 Å². The minimum Gasteiger partial charge on any atom is -0.325 e. The molecule has 2 heterocycles. The molecule has 1 amide bonds. The Bertz CT molecular complexity index is 1200. The maximum absolute atomic E-state index is 12.9. The SMILES string of the molecule is Cc1ccccc1NC(=O)Cc1csc2[n+]1C(=O)/C(=C/c1ccc([N+](=O)[O-])cc1)S2. The van der Waals surface area contributed by atoms with Crippen molar-refractivity contribution in [3.05, 3.63) is 85.8 Å². The normalized spacial score (nSPS) is 14.0. The van der Waals surface area contributed by atoms with Crippen LogP contribution in [0.1, 0.15) is 21.6 Å². The highest BCUT2D eigenvalue weighted by Crippen LogP contribution is 2.36. The summed E-state index contributed by atoms with van der Waals surface area (Å²) in [5, 5.41) is 15.5. The van der Waals surface area contributed by atoms with Crippen molar-refractivity contribution in [3.8, 4) is 0 Å². The number of benzene rings is 2. The smallest absolute Gasteiger partial charge is 0.325 e. The molecule has 9 heteroatoms. The van der Waals surface area contributed by atoms with Crippen LogP contribution in [0.2, 0.25) is 0 Å². The van der Waals surface area contributed by atoms with Gasteiger partial charge in [0.25, 0.3) is 5.69 Å². The molecule has 7 nitrogen and oxygen atoms in total. The first-order chi connectivity index (χ1) is 14.4. The molecule has 0 unspecified atom stereocenters. The molecule has 0 atom stereocenters. The van der Waals surface area contributed by atoms with E-state index in [4.69, 9.17) is 0 Å². The van der Waals surface area contributed by atoms with E-state index in [-0.39, 0.29) is 23.9 Å². The number of allylic oxidation sites excluding steroid dienone is 1. The van der Waals surface area contributed by atoms with Crippen molar-refractivity contribution in [2.75, 3.05) is 5.32 Å². The van der Waals surface area contributed by atoms with E-state index in [1.165, 1.54) is 35.2 Å². The molecule has 0 saturated carbocycles. The first kappa shape index (κ1) is 20.0. The summed E-state index contributed by atoms with van der Waals surface area (Å²) >= 11 is 2.74. The van der Waals surface area contributed by atoms with Crippen molar-refractivity contribution in [1.29, 1.82) is 0 Å². The van der Waals surface area contributed by atoms with E-state index in [0.717, 1.165) is 15.6 Å². The van der Waals surface area contributed by atoms with Crippen LogP contribution in [-0.4, -0.2) is 16.7 Å².